The Morgan fingerprint density at radius 3 is 2.09 bits per heavy atom. The van der Waals surface area contributed by atoms with Crippen LogP contribution in [-0.2, 0) is 4.74 Å². The molecule has 2 N–H and O–H groups in total. The summed E-state index contributed by atoms with van der Waals surface area (Å²) in [6.45, 7) is 8.76. The fourth-order valence-corrected chi connectivity index (χ4v) is 4.60. The zero-order valence-electron chi connectivity index (χ0n) is 20.5. The summed E-state index contributed by atoms with van der Waals surface area (Å²) in [7, 11) is 2.12. The van der Waals surface area contributed by atoms with Crippen molar-refractivity contribution in [3.05, 3.63) is 77.4 Å². The standard InChI is InChI=1S/C28H34N4O2/c1-5-34-28(33)22-8-10-23(11-9-22)29-30-24-18-20(2)27(21(3)19-24)31(4)25-12-14-26(15-13-25)32-16-6-7-17-32/h8-15,18-19,29-30H,5-7,16-17H2,1-4H3. The molecule has 1 aliphatic heterocycles. The first-order valence-corrected chi connectivity index (χ1v) is 12.0. The molecule has 0 amide bonds. The van der Waals surface area contributed by atoms with Crippen molar-refractivity contribution in [2.75, 3.05) is 47.4 Å². The first-order valence-electron chi connectivity index (χ1n) is 12.0. The number of esters is 1. The molecule has 1 heterocycles. The highest BCUT2D eigenvalue weighted by atomic mass is 16.5. The normalized spacial score (nSPS) is 13.0. The summed E-state index contributed by atoms with van der Waals surface area (Å²) in [5.41, 5.74) is 14.9. The fraction of sp³-hybridized carbons (Fsp3) is 0.321. The number of anilines is 5. The smallest absolute Gasteiger partial charge is 0.338 e. The third kappa shape index (κ3) is 5.28. The number of ether oxygens (including phenoxy) is 1. The molecule has 6 nitrogen and oxygen atoms in total. The molecule has 0 radical (unpaired) electrons. The second-order valence-corrected chi connectivity index (χ2v) is 8.78. The molecule has 4 rings (SSSR count). The number of hydrazine groups is 1. The zero-order valence-corrected chi connectivity index (χ0v) is 20.5. The van der Waals surface area contributed by atoms with Gasteiger partial charge in [0.25, 0.3) is 0 Å². The highest BCUT2D eigenvalue weighted by molar-refractivity contribution is 5.89. The minimum Gasteiger partial charge on any atom is -0.462 e. The molecule has 178 valence electrons. The highest BCUT2D eigenvalue weighted by Crippen LogP contribution is 2.33. The van der Waals surface area contributed by atoms with E-state index in [4.69, 9.17) is 4.74 Å². The predicted octanol–water partition coefficient (Wildman–Crippen LogP) is 6.29. The summed E-state index contributed by atoms with van der Waals surface area (Å²) in [4.78, 5) is 16.5. The molecule has 1 saturated heterocycles. The van der Waals surface area contributed by atoms with E-state index in [1.807, 2.05) is 12.1 Å². The van der Waals surface area contributed by atoms with Crippen molar-refractivity contribution < 1.29 is 9.53 Å². The lowest BCUT2D eigenvalue weighted by Crippen LogP contribution is -2.18. The second kappa shape index (κ2) is 10.5. The van der Waals surface area contributed by atoms with Crippen molar-refractivity contribution in [2.45, 2.75) is 33.6 Å². The van der Waals surface area contributed by atoms with Gasteiger partial charge >= 0.3 is 5.97 Å². The minimum absolute atomic E-state index is 0.307. The summed E-state index contributed by atoms with van der Waals surface area (Å²) in [6.07, 6.45) is 2.57. The van der Waals surface area contributed by atoms with Gasteiger partial charge in [-0.1, -0.05) is 0 Å². The topological polar surface area (TPSA) is 56.8 Å². The molecular formula is C28H34N4O2. The van der Waals surface area contributed by atoms with Crippen molar-refractivity contribution in [3.63, 3.8) is 0 Å². The van der Waals surface area contributed by atoms with E-state index in [9.17, 15) is 4.79 Å². The largest absolute Gasteiger partial charge is 0.462 e. The van der Waals surface area contributed by atoms with E-state index in [1.54, 1.807) is 19.1 Å². The Morgan fingerprint density at radius 1 is 0.912 bits per heavy atom. The van der Waals surface area contributed by atoms with Crippen LogP contribution >= 0.6 is 0 Å². The highest BCUT2D eigenvalue weighted by Gasteiger charge is 2.15. The van der Waals surface area contributed by atoms with Crippen LogP contribution in [0, 0.1) is 13.8 Å². The van der Waals surface area contributed by atoms with Crippen molar-refractivity contribution in [1.82, 2.24) is 0 Å². The Morgan fingerprint density at radius 2 is 1.50 bits per heavy atom. The summed E-state index contributed by atoms with van der Waals surface area (Å²) in [6, 6.07) is 20.4. The first-order chi connectivity index (χ1) is 16.5. The second-order valence-electron chi connectivity index (χ2n) is 8.78. The molecule has 0 bridgehead atoms. The summed E-state index contributed by atoms with van der Waals surface area (Å²) in [5.74, 6) is -0.307. The van der Waals surface area contributed by atoms with Crippen molar-refractivity contribution in [3.8, 4) is 0 Å². The van der Waals surface area contributed by atoms with Crippen LogP contribution in [-0.4, -0.2) is 32.7 Å². The van der Waals surface area contributed by atoms with E-state index >= 15 is 0 Å². The average Bonchev–Trinajstić information content (AvgIpc) is 3.38. The minimum atomic E-state index is -0.307. The maximum atomic E-state index is 11.8. The maximum absolute atomic E-state index is 11.8. The van der Waals surface area contributed by atoms with Crippen molar-refractivity contribution in [1.29, 1.82) is 0 Å². The van der Waals surface area contributed by atoms with Crippen LogP contribution in [0.1, 0.15) is 41.3 Å². The van der Waals surface area contributed by atoms with Crippen LogP contribution in [0.2, 0.25) is 0 Å². The summed E-state index contributed by atoms with van der Waals surface area (Å²) >= 11 is 0. The number of aryl methyl sites for hydroxylation is 2. The van der Waals surface area contributed by atoms with Gasteiger partial charge in [-0.15, -0.1) is 0 Å². The molecule has 0 atom stereocenters. The number of hydrogen-bond donors (Lipinski definition) is 2. The van der Waals surface area contributed by atoms with Gasteiger partial charge in [-0.3, -0.25) is 0 Å². The Kier molecular flexibility index (Phi) is 7.26. The van der Waals surface area contributed by atoms with Gasteiger partial charge in [0.05, 0.1) is 23.5 Å². The molecule has 1 aliphatic rings. The van der Waals surface area contributed by atoms with Gasteiger partial charge in [0.1, 0.15) is 0 Å². The van der Waals surface area contributed by atoms with Crippen LogP contribution in [0.15, 0.2) is 60.7 Å². The van der Waals surface area contributed by atoms with E-state index in [-0.39, 0.29) is 5.97 Å². The Labute approximate surface area is 202 Å². The Bertz CT molecular complexity index is 1100. The van der Waals surface area contributed by atoms with E-state index in [0.717, 1.165) is 24.5 Å². The molecule has 0 aliphatic carbocycles. The van der Waals surface area contributed by atoms with Crippen LogP contribution in [0.3, 0.4) is 0 Å². The van der Waals surface area contributed by atoms with Gasteiger partial charge in [0, 0.05) is 37.2 Å². The predicted molar refractivity (Wildman–Crippen MR) is 142 cm³/mol. The van der Waals surface area contributed by atoms with E-state index in [2.05, 4.69) is 77.9 Å². The van der Waals surface area contributed by atoms with Crippen LogP contribution in [0.5, 0.6) is 0 Å². The number of carbonyl (C=O) groups is 1. The van der Waals surface area contributed by atoms with Gasteiger partial charge in [-0.05, 0) is 105 Å². The van der Waals surface area contributed by atoms with Gasteiger partial charge in [-0.2, -0.15) is 0 Å². The molecule has 3 aromatic carbocycles. The zero-order chi connectivity index (χ0) is 24.1. The van der Waals surface area contributed by atoms with E-state index in [1.165, 1.54) is 41.0 Å². The van der Waals surface area contributed by atoms with Crippen molar-refractivity contribution >= 4 is 34.4 Å². The molecule has 0 aromatic heterocycles. The van der Waals surface area contributed by atoms with Crippen LogP contribution in [0.25, 0.3) is 0 Å². The van der Waals surface area contributed by atoms with E-state index < -0.39 is 0 Å². The monoisotopic (exact) mass is 458 g/mol. The molecule has 0 unspecified atom stereocenters. The SMILES string of the molecule is CCOC(=O)c1ccc(NNc2cc(C)c(N(C)c3ccc(N4CCCC4)cc3)c(C)c2)cc1. The van der Waals surface area contributed by atoms with Gasteiger partial charge in [0.2, 0.25) is 0 Å². The number of nitrogens with zero attached hydrogens (tertiary/aromatic N) is 2. The van der Waals surface area contributed by atoms with Crippen LogP contribution in [0.4, 0.5) is 28.4 Å². The Balaban J connectivity index is 1.42. The number of benzene rings is 3. The number of hydrogen-bond acceptors (Lipinski definition) is 6. The quantitative estimate of drug-likeness (QED) is 0.306. The van der Waals surface area contributed by atoms with Crippen molar-refractivity contribution in [2.24, 2.45) is 0 Å². The van der Waals surface area contributed by atoms with Gasteiger partial charge in [0.15, 0.2) is 0 Å². The third-order valence-corrected chi connectivity index (χ3v) is 6.28. The average molecular weight is 459 g/mol. The Hall–Kier alpha value is -3.67. The number of rotatable bonds is 8. The van der Waals surface area contributed by atoms with Gasteiger partial charge in [-0.25, -0.2) is 4.79 Å². The fourth-order valence-electron chi connectivity index (χ4n) is 4.60. The molecule has 0 saturated carbocycles. The third-order valence-electron chi connectivity index (χ3n) is 6.28. The molecular weight excluding hydrogens is 424 g/mol. The lowest BCUT2D eigenvalue weighted by Gasteiger charge is -2.26. The van der Waals surface area contributed by atoms with E-state index in [0.29, 0.717) is 12.2 Å². The lowest BCUT2D eigenvalue weighted by atomic mass is 10.1. The molecule has 6 heteroatoms. The number of carbonyl (C=O) groups excluding carboxylic acids is 1. The summed E-state index contributed by atoms with van der Waals surface area (Å²) in [5, 5.41) is 0. The lowest BCUT2D eigenvalue weighted by molar-refractivity contribution is 0.0526. The first kappa shape index (κ1) is 23.5. The molecule has 0 spiro atoms. The number of nitrogens with one attached hydrogen (secondary N) is 2. The molecule has 3 aromatic rings. The maximum Gasteiger partial charge on any atom is 0.338 e. The molecule has 34 heavy (non-hydrogen) atoms. The van der Waals surface area contributed by atoms with Crippen LogP contribution < -0.4 is 20.7 Å². The summed E-state index contributed by atoms with van der Waals surface area (Å²) < 4.78 is 5.03. The van der Waals surface area contributed by atoms with Gasteiger partial charge < -0.3 is 25.4 Å². The molecule has 1 fully saturated rings.